The molecule has 0 aliphatic carbocycles. The van der Waals surface area contributed by atoms with E-state index in [0.717, 1.165) is 76.7 Å². The van der Waals surface area contributed by atoms with E-state index in [4.69, 9.17) is 9.72 Å². The summed E-state index contributed by atoms with van der Waals surface area (Å²) in [7, 11) is 0. The Bertz CT molecular complexity index is 1340. The minimum atomic E-state index is 0.736. The van der Waals surface area contributed by atoms with Gasteiger partial charge in [-0.05, 0) is 30.3 Å². The Hall–Kier alpha value is -3.78. The van der Waals surface area contributed by atoms with Crippen LogP contribution in [0, 0.1) is 0 Å². The molecule has 0 bridgehead atoms. The van der Waals surface area contributed by atoms with E-state index in [9.17, 15) is 0 Å². The summed E-state index contributed by atoms with van der Waals surface area (Å²) in [5.74, 6) is 0.736. The molecule has 5 aromatic rings. The van der Waals surface area contributed by atoms with Crippen LogP contribution >= 0.6 is 0 Å². The lowest BCUT2D eigenvalue weighted by atomic mass is 10.1. The maximum absolute atomic E-state index is 5.50. The van der Waals surface area contributed by atoms with Gasteiger partial charge in [-0.2, -0.15) is 5.10 Å². The number of aromatic amines is 2. The first-order chi connectivity index (χ1) is 14.9. The van der Waals surface area contributed by atoms with Gasteiger partial charge in [-0.1, -0.05) is 6.07 Å². The maximum atomic E-state index is 5.50. The van der Waals surface area contributed by atoms with Gasteiger partial charge in [-0.25, -0.2) is 4.98 Å². The van der Waals surface area contributed by atoms with Crippen molar-refractivity contribution in [2.45, 2.75) is 0 Å². The van der Waals surface area contributed by atoms with Gasteiger partial charge in [-0.15, -0.1) is 0 Å². The first kappa shape index (κ1) is 17.1. The number of imidazole rings is 1. The van der Waals surface area contributed by atoms with E-state index in [1.165, 1.54) is 0 Å². The Kier molecular flexibility index (Phi) is 3.95. The number of hydrogen-bond acceptors (Lipinski definition) is 6. The van der Waals surface area contributed by atoms with Crippen molar-refractivity contribution in [3.8, 4) is 22.8 Å². The molecule has 6 rings (SSSR count). The molecule has 0 amide bonds. The molecule has 1 aliphatic heterocycles. The summed E-state index contributed by atoms with van der Waals surface area (Å²) in [5, 5.41) is 8.57. The molecule has 0 saturated carbocycles. The fraction of sp³-hybridized carbons (Fsp3) is 0.182. The summed E-state index contributed by atoms with van der Waals surface area (Å²) < 4.78 is 5.50. The van der Waals surface area contributed by atoms with Crippen LogP contribution in [0.2, 0.25) is 0 Å². The number of fused-ring (bicyclic) bond motifs is 2. The fourth-order valence-corrected chi connectivity index (χ4v) is 3.96. The number of ether oxygens (including phenoxy) is 1. The fourth-order valence-electron chi connectivity index (χ4n) is 3.96. The SMILES string of the molecule is c1cncc(-c2cc3c(-c4nc5c(N6CCOCC6)cccc5[nH]4)n[nH]c3cn2)c1. The number of nitrogens with zero attached hydrogens (tertiary/aromatic N) is 5. The molecule has 148 valence electrons. The van der Waals surface area contributed by atoms with Crippen molar-refractivity contribution in [2.24, 2.45) is 0 Å². The van der Waals surface area contributed by atoms with Crippen LogP contribution in [0.1, 0.15) is 0 Å². The molecule has 0 unspecified atom stereocenters. The molecule has 0 spiro atoms. The van der Waals surface area contributed by atoms with Crippen molar-refractivity contribution < 1.29 is 4.74 Å². The summed E-state index contributed by atoms with van der Waals surface area (Å²) in [5.41, 5.74) is 6.52. The number of hydrogen-bond donors (Lipinski definition) is 2. The van der Waals surface area contributed by atoms with Crippen molar-refractivity contribution in [2.75, 3.05) is 31.2 Å². The lowest BCUT2D eigenvalue weighted by molar-refractivity contribution is 0.123. The average Bonchev–Trinajstić information content (AvgIpc) is 3.43. The molecule has 0 radical (unpaired) electrons. The molecule has 1 saturated heterocycles. The number of benzene rings is 1. The van der Waals surface area contributed by atoms with Crippen molar-refractivity contribution in [3.63, 3.8) is 0 Å². The number of H-pyrrole nitrogens is 2. The first-order valence-electron chi connectivity index (χ1n) is 9.93. The molecule has 0 atom stereocenters. The third-order valence-corrected chi connectivity index (χ3v) is 5.47. The monoisotopic (exact) mass is 397 g/mol. The number of aromatic nitrogens is 6. The highest BCUT2D eigenvalue weighted by Crippen LogP contribution is 2.32. The summed E-state index contributed by atoms with van der Waals surface area (Å²) in [6.45, 7) is 3.21. The second-order valence-electron chi connectivity index (χ2n) is 7.29. The number of rotatable bonds is 3. The third kappa shape index (κ3) is 2.81. The zero-order chi connectivity index (χ0) is 19.9. The van der Waals surface area contributed by atoms with Crippen molar-refractivity contribution in [3.05, 3.63) is 55.0 Å². The number of anilines is 1. The highest BCUT2D eigenvalue weighted by molar-refractivity contribution is 5.96. The summed E-state index contributed by atoms with van der Waals surface area (Å²) >= 11 is 0. The van der Waals surface area contributed by atoms with Gasteiger partial charge in [0.15, 0.2) is 5.82 Å². The van der Waals surface area contributed by atoms with Crippen LogP contribution < -0.4 is 4.90 Å². The topological polar surface area (TPSA) is 95.6 Å². The minimum Gasteiger partial charge on any atom is -0.378 e. The average molecular weight is 397 g/mol. The molecule has 1 aliphatic rings. The van der Waals surface area contributed by atoms with Crippen LogP contribution in [0.5, 0.6) is 0 Å². The minimum absolute atomic E-state index is 0.736. The van der Waals surface area contributed by atoms with E-state index in [-0.39, 0.29) is 0 Å². The Balaban J connectivity index is 1.47. The smallest absolute Gasteiger partial charge is 0.159 e. The van der Waals surface area contributed by atoms with E-state index in [2.05, 4.69) is 42.2 Å². The van der Waals surface area contributed by atoms with Crippen molar-refractivity contribution in [1.82, 2.24) is 30.1 Å². The van der Waals surface area contributed by atoms with Crippen LogP contribution in [0.15, 0.2) is 55.0 Å². The lowest BCUT2D eigenvalue weighted by Crippen LogP contribution is -2.36. The largest absolute Gasteiger partial charge is 0.378 e. The first-order valence-corrected chi connectivity index (χ1v) is 9.93. The van der Waals surface area contributed by atoms with Crippen LogP contribution in [0.3, 0.4) is 0 Å². The zero-order valence-electron chi connectivity index (χ0n) is 16.2. The molecule has 8 nitrogen and oxygen atoms in total. The Morgan fingerprint density at radius 2 is 1.93 bits per heavy atom. The molecule has 2 N–H and O–H groups in total. The number of pyridine rings is 2. The van der Waals surface area contributed by atoms with E-state index in [0.29, 0.717) is 0 Å². The maximum Gasteiger partial charge on any atom is 0.159 e. The van der Waals surface area contributed by atoms with E-state index in [1.807, 2.05) is 30.5 Å². The lowest BCUT2D eigenvalue weighted by Gasteiger charge is -2.28. The van der Waals surface area contributed by atoms with E-state index >= 15 is 0 Å². The van der Waals surface area contributed by atoms with Gasteiger partial charge in [0.1, 0.15) is 11.2 Å². The van der Waals surface area contributed by atoms with Crippen LogP contribution in [-0.2, 0) is 4.74 Å². The van der Waals surface area contributed by atoms with Gasteiger partial charge < -0.3 is 14.6 Å². The van der Waals surface area contributed by atoms with Gasteiger partial charge in [0.05, 0.1) is 41.8 Å². The Labute approximate surface area is 172 Å². The van der Waals surface area contributed by atoms with E-state index < -0.39 is 0 Å². The van der Waals surface area contributed by atoms with Crippen LogP contribution in [0.25, 0.3) is 44.7 Å². The second kappa shape index (κ2) is 6.93. The molecular weight excluding hydrogens is 378 g/mol. The highest BCUT2D eigenvalue weighted by Gasteiger charge is 2.19. The molecule has 4 aromatic heterocycles. The van der Waals surface area contributed by atoms with Gasteiger partial charge in [-0.3, -0.25) is 15.1 Å². The third-order valence-electron chi connectivity index (χ3n) is 5.47. The molecular formula is C22H19N7O. The number of para-hydroxylation sites is 1. The van der Waals surface area contributed by atoms with Gasteiger partial charge >= 0.3 is 0 Å². The normalized spacial score (nSPS) is 14.6. The summed E-state index contributed by atoms with van der Waals surface area (Å²) in [6, 6.07) is 12.2. The Morgan fingerprint density at radius 1 is 1.00 bits per heavy atom. The zero-order valence-corrected chi connectivity index (χ0v) is 16.2. The standard InChI is InChI=1S/C22H19N7O/c1-4-16-21(19(5-1)29-7-9-30-10-8-29)26-22(25-16)20-15-11-17(14-3-2-6-23-12-14)24-13-18(15)27-28-20/h1-6,11-13H,7-10H2,(H,25,26)(H,27,28). The quantitative estimate of drug-likeness (QED) is 0.484. The molecule has 1 aromatic carbocycles. The van der Waals surface area contributed by atoms with E-state index in [1.54, 1.807) is 12.4 Å². The Morgan fingerprint density at radius 3 is 2.80 bits per heavy atom. The second-order valence-corrected chi connectivity index (χ2v) is 7.29. The summed E-state index contributed by atoms with van der Waals surface area (Å²) in [6.07, 6.45) is 5.37. The predicted octanol–water partition coefficient (Wildman–Crippen LogP) is 3.40. The molecule has 30 heavy (non-hydrogen) atoms. The van der Waals surface area contributed by atoms with Gasteiger partial charge in [0, 0.05) is 36.4 Å². The number of morpholine rings is 1. The molecule has 8 heteroatoms. The van der Waals surface area contributed by atoms with Crippen LogP contribution in [0.4, 0.5) is 5.69 Å². The van der Waals surface area contributed by atoms with Gasteiger partial charge in [0.25, 0.3) is 0 Å². The van der Waals surface area contributed by atoms with Crippen LogP contribution in [-0.4, -0.2) is 56.4 Å². The predicted molar refractivity (Wildman–Crippen MR) is 115 cm³/mol. The number of nitrogens with one attached hydrogen (secondary N) is 2. The van der Waals surface area contributed by atoms with Crippen molar-refractivity contribution >= 4 is 27.6 Å². The van der Waals surface area contributed by atoms with Gasteiger partial charge in [0.2, 0.25) is 0 Å². The molecule has 1 fully saturated rings. The molecule has 5 heterocycles. The highest BCUT2D eigenvalue weighted by atomic mass is 16.5. The van der Waals surface area contributed by atoms with Crippen molar-refractivity contribution in [1.29, 1.82) is 0 Å². The summed E-state index contributed by atoms with van der Waals surface area (Å²) in [4.78, 5) is 19.4.